The molecule has 0 aliphatic heterocycles. The lowest BCUT2D eigenvalue weighted by molar-refractivity contribution is -0.155. The molecule has 2 atom stereocenters. The molecule has 1 saturated carbocycles. The number of esters is 1. The van der Waals surface area contributed by atoms with Gasteiger partial charge >= 0.3 is 5.97 Å². The van der Waals surface area contributed by atoms with Crippen LogP contribution in [0.15, 0.2) is 0 Å². The van der Waals surface area contributed by atoms with Gasteiger partial charge in [-0.05, 0) is 19.3 Å². The first-order valence-corrected chi connectivity index (χ1v) is 7.27. The van der Waals surface area contributed by atoms with Crippen molar-refractivity contribution in [1.82, 2.24) is 0 Å². The van der Waals surface area contributed by atoms with E-state index in [1.807, 2.05) is 0 Å². The molecule has 1 aliphatic carbocycles. The fourth-order valence-electron chi connectivity index (χ4n) is 1.95. The van der Waals surface area contributed by atoms with E-state index in [0.29, 0.717) is 5.75 Å². The van der Waals surface area contributed by atoms with Gasteiger partial charge in [0, 0.05) is 11.9 Å². The first-order valence-electron chi connectivity index (χ1n) is 6.28. The summed E-state index contributed by atoms with van der Waals surface area (Å²) in [6.45, 7) is 6.30. The molecule has 1 fully saturated rings. The van der Waals surface area contributed by atoms with E-state index in [4.69, 9.17) is 9.47 Å². The Hall–Kier alpha value is -0.220. The summed E-state index contributed by atoms with van der Waals surface area (Å²) in [7, 11) is 1.70. The Balaban J connectivity index is 2.33. The molecular formula is C13H24O3S. The molecule has 1 rings (SSSR count). The average Bonchev–Trinajstić information content (AvgIpc) is 2.26. The van der Waals surface area contributed by atoms with E-state index in [1.165, 1.54) is 6.42 Å². The van der Waals surface area contributed by atoms with E-state index in [-0.39, 0.29) is 22.9 Å². The molecule has 1 aliphatic rings. The van der Waals surface area contributed by atoms with Crippen LogP contribution in [-0.4, -0.2) is 35.8 Å². The van der Waals surface area contributed by atoms with E-state index in [2.05, 4.69) is 20.8 Å². The predicted octanol–water partition coefficient (Wildman–Crippen LogP) is 3.02. The van der Waals surface area contributed by atoms with E-state index >= 15 is 0 Å². The topological polar surface area (TPSA) is 35.5 Å². The van der Waals surface area contributed by atoms with Crippen molar-refractivity contribution in [3.63, 3.8) is 0 Å². The largest absolute Gasteiger partial charge is 0.459 e. The number of carbonyl (C=O) groups is 1. The zero-order valence-electron chi connectivity index (χ0n) is 11.3. The van der Waals surface area contributed by atoms with Gasteiger partial charge in [0.15, 0.2) is 0 Å². The Morgan fingerprint density at radius 1 is 1.24 bits per heavy atom. The summed E-state index contributed by atoms with van der Waals surface area (Å²) in [4.78, 5) is 11.7. The first kappa shape index (κ1) is 14.8. The molecule has 0 aromatic carbocycles. The molecule has 0 N–H and O–H groups in total. The van der Waals surface area contributed by atoms with Gasteiger partial charge in [-0.15, -0.1) is 11.8 Å². The summed E-state index contributed by atoms with van der Waals surface area (Å²) < 4.78 is 11.0. The molecule has 4 heteroatoms. The van der Waals surface area contributed by atoms with Crippen molar-refractivity contribution in [3.05, 3.63) is 0 Å². The van der Waals surface area contributed by atoms with Crippen LogP contribution in [0.2, 0.25) is 0 Å². The minimum absolute atomic E-state index is 0.0400. The third-order valence-electron chi connectivity index (χ3n) is 2.85. The van der Waals surface area contributed by atoms with Crippen LogP contribution in [0.1, 0.15) is 46.5 Å². The second-order valence-electron chi connectivity index (χ2n) is 5.49. The maximum atomic E-state index is 11.7. The summed E-state index contributed by atoms with van der Waals surface area (Å²) in [6.07, 6.45) is 4.29. The van der Waals surface area contributed by atoms with Gasteiger partial charge in [-0.1, -0.05) is 27.2 Å². The summed E-state index contributed by atoms with van der Waals surface area (Å²) in [5.74, 6) is 0.315. The maximum absolute atomic E-state index is 11.7. The maximum Gasteiger partial charge on any atom is 0.316 e. The summed E-state index contributed by atoms with van der Waals surface area (Å²) in [5.41, 5.74) is 0. The number of hydrogen-bond donors (Lipinski definition) is 0. The van der Waals surface area contributed by atoms with E-state index in [9.17, 15) is 4.79 Å². The monoisotopic (exact) mass is 260 g/mol. The van der Waals surface area contributed by atoms with Gasteiger partial charge in [-0.3, -0.25) is 4.79 Å². The number of thioether (sulfide) groups is 1. The smallest absolute Gasteiger partial charge is 0.316 e. The molecule has 17 heavy (non-hydrogen) atoms. The number of carbonyl (C=O) groups excluding carboxylic acids is 1. The zero-order valence-corrected chi connectivity index (χ0v) is 12.1. The van der Waals surface area contributed by atoms with Gasteiger partial charge in [0.1, 0.15) is 6.10 Å². The third kappa shape index (κ3) is 5.77. The number of ether oxygens (including phenoxy) is 2. The van der Waals surface area contributed by atoms with Crippen molar-refractivity contribution in [2.45, 2.75) is 63.4 Å². The summed E-state index contributed by atoms with van der Waals surface area (Å²) in [6, 6.07) is 0. The van der Waals surface area contributed by atoms with E-state index < -0.39 is 0 Å². The Kier molecular flexibility index (Phi) is 5.80. The highest BCUT2D eigenvalue weighted by Crippen LogP contribution is 2.26. The second kappa shape index (κ2) is 6.64. The fraction of sp³-hybridized carbons (Fsp3) is 0.923. The first-order chi connectivity index (χ1) is 7.92. The Morgan fingerprint density at radius 3 is 2.35 bits per heavy atom. The number of rotatable bonds is 4. The molecule has 100 valence electrons. The van der Waals surface area contributed by atoms with Crippen LogP contribution in [-0.2, 0) is 14.3 Å². The van der Waals surface area contributed by atoms with Crippen LogP contribution in [0.3, 0.4) is 0 Å². The Morgan fingerprint density at radius 2 is 1.82 bits per heavy atom. The van der Waals surface area contributed by atoms with Crippen molar-refractivity contribution in [1.29, 1.82) is 0 Å². The Bertz CT molecular complexity index is 248. The van der Waals surface area contributed by atoms with Crippen LogP contribution >= 0.6 is 11.8 Å². The zero-order chi connectivity index (χ0) is 12.9. The van der Waals surface area contributed by atoms with Crippen molar-refractivity contribution >= 4 is 17.7 Å². The van der Waals surface area contributed by atoms with Gasteiger partial charge in [-0.2, -0.15) is 0 Å². The van der Waals surface area contributed by atoms with E-state index in [0.717, 1.165) is 19.3 Å². The lowest BCUT2D eigenvalue weighted by atomic mass is 9.94. The Labute approximate surface area is 109 Å². The van der Waals surface area contributed by atoms with Crippen molar-refractivity contribution in [2.75, 3.05) is 12.9 Å². The molecule has 0 aromatic heterocycles. The third-order valence-corrected chi connectivity index (χ3v) is 4.10. The minimum Gasteiger partial charge on any atom is -0.459 e. The molecular weight excluding hydrogens is 236 g/mol. The lowest BCUT2D eigenvalue weighted by Crippen LogP contribution is -2.36. The molecule has 0 bridgehead atoms. The molecule has 0 aromatic rings. The van der Waals surface area contributed by atoms with Gasteiger partial charge in [0.2, 0.25) is 0 Å². The fourth-order valence-corrected chi connectivity index (χ4v) is 2.56. The molecule has 0 heterocycles. The van der Waals surface area contributed by atoms with Gasteiger partial charge in [-0.25, -0.2) is 0 Å². The highest BCUT2D eigenvalue weighted by molar-refractivity contribution is 8.01. The average molecular weight is 260 g/mol. The van der Waals surface area contributed by atoms with Crippen LogP contribution in [0.4, 0.5) is 0 Å². The standard InChI is InChI=1S/C13H24O3S/c1-13(2,3)17-9-12(14)16-11-8-6-5-7-10(11)15-4/h10-11H,5-9H2,1-4H3/t10-,11+/m0/s1. The van der Waals surface area contributed by atoms with Crippen LogP contribution in [0.25, 0.3) is 0 Å². The van der Waals surface area contributed by atoms with Crippen LogP contribution in [0.5, 0.6) is 0 Å². The van der Waals surface area contributed by atoms with Crippen molar-refractivity contribution in [2.24, 2.45) is 0 Å². The highest BCUT2D eigenvalue weighted by Gasteiger charge is 2.28. The van der Waals surface area contributed by atoms with Crippen molar-refractivity contribution < 1.29 is 14.3 Å². The summed E-state index contributed by atoms with van der Waals surface area (Å²) in [5, 5.41) is 0. The normalized spacial score (nSPS) is 25.6. The molecule has 3 nitrogen and oxygen atoms in total. The van der Waals surface area contributed by atoms with Crippen LogP contribution < -0.4 is 0 Å². The highest BCUT2D eigenvalue weighted by atomic mass is 32.2. The summed E-state index contributed by atoms with van der Waals surface area (Å²) >= 11 is 1.62. The molecule has 0 saturated heterocycles. The minimum atomic E-state index is -0.112. The predicted molar refractivity (Wildman–Crippen MR) is 71.4 cm³/mol. The quantitative estimate of drug-likeness (QED) is 0.728. The molecule has 0 spiro atoms. The van der Waals surface area contributed by atoms with E-state index in [1.54, 1.807) is 18.9 Å². The van der Waals surface area contributed by atoms with Gasteiger partial charge in [0.05, 0.1) is 11.9 Å². The number of hydrogen-bond acceptors (Lipinski definition) is 4. The van der Waals surface area contributed by atoms with Crippen LogP contribution in [0, 0.1) is 0 Å². The second-order valence-corrected chi connectivity index (χ2v) is 7.29. The lowest BCUT2D eigenvalue weighted by Gasteiger charge is -2.30. The molecule has 0 unspecified atom stereocenters. The molecule has 0 amide bonds. The SMILES string of the molecule is CO[C@H]1CCCC[C@H]1OC(=O)CSC(C)(C)C. The van der Waals surface area contributed by atoms with Gasteiger partial charge in [0.25, 0.3) is 0 Å². The number of methoxy groups -OCH3 is 1. The molecule has 0 radical (unpaired) electrons. The van der Waals surface area contributed by atoms with Crippen molar-refractivity contribution in [3.8, 4) is 0 Å². The van der Waals surface area contributed by atoms with Gasteiger partial charge < -0.3 is 9.47 Å².